The van der Waals surface area contributed by atoms with Gasteiger partial charge in [0.25, 0.3) is 0 Å². The Labute approximate surface area is 103 Å². The largest absolute Gasteiger partial charge is 0.377 e. The van der Waals surface area contributed by atoms with Crippen molar-refractivity contribution in [3.63, 3.8) is 0 Å². The van der Waals surface area contributed by atoms with Gasteiger partial charge in [-0.2, -0.15) is 5.26 Å². The Morgan fingerprint density at radius 3 is 2.94 bits per heavy atom. The zero-order chi connectivity index (χ0) is 11.9. The number of hydrogen-bond acceptors (Lipinski definition) is 4. The van der Waals surface area contributed by atoms with E-state index in [2.05, 4.69) is 16.0 Å². The second kappa shape index (κ2) is 3.69. The Kier molecular flexibility index (Phi) is 2.28. The van der Waals surface area contributed by atoms with Gasteiger partial charge in [0.15, 0.2) is 0 Å². The minimum absolute atomic E-state index is 0.462. The van der Waals surface area contributed by atoms with E-state index in [9.17, 15) is 5.26 Å². The molecule has 1 aliphatic heterocycles. The Hall–Kier alpha value is -1.64. The summed E-state index contributed by atoms with van der Waals surface area (Å²) >= 11 is 1.59. The van der Waals surface area contributed by atoms with Crippen LogP contribution in [0.3, 0.4) is 0 Å². The fraction of sp³-hybridized carbons (Fsp3) is 0.333. The molecule has 2 aromatic heterocycles. The van der Waals surface area contributed by atoms with E-state index in [-0.39, 0.29) is 0 Å². The van der Waals surface area contributed by atoms with E-state index in [0.29, 0.717) is 13.2 Å². The van der Waals surface area contributed by atoms with Crippen molar-refractivity contribution in [1.82, 2.24) is 9.97 Å². The highest BCUT2D eigenvalue weighted by atomic mass is 32.1. The maximum Gasteiger partial charge on any atom is 0.140 e. The predicted octanol–water partition coefficient (Wildman–Crippen LogP) is 2.24. The number of aromatic nitrogens is 2. The van der Waals surface area contributed by atoms with Gasteiger partial charge in [0.05, 0.1) is 29.9 Å². The first-order valence-electron chi connectivity index (χ1n) is 5.35. The molecule has 17 heavy (non-hydrogen) atoms. The van der Waals surface area contributed by atoms with Crippen LogP contribution in [-0.2, 0) is 10.2 Å². The molecule has 1 aliphatic rings. The van der Waals surface area contributed by atoms with E-state index in [1.807, 2.05) is 25.4 Å². The van der Waals surface area contributed by atoms with Crippen LogP contribution in [0.2, 0.25) is 0 Å². The summed E-state index contributed by atoms with van der Waals surface area (Å²) in [7, 11) is 0. The fourth-order valence-corrected chi connectivity index (χ4v) is 3.15. The molecule has 0 saturated carbocycles. The third-order valence-corrected chi connectivity index (χ3v) is 4.40. The lowest BCUT2D eigenvalue weighted by molar-refractivity contribution is -0.0284. The number of H-pyrrole nitrogens is 1. The Morgan fingerprint density at radius 2 is 2.41 bits per heavy atom. The smallest absolute Gasteiger partial charge is 0.140 e. The first-order valence-corrected chi connectivity index (χ1v) is 6.17. The monoisotopic (exact) mass is 245 g/mol. The molecule has 1 N–H and O–H groups in total. The van der Waals surface area contributed by atoms with E-state index in [4.69, 9.17) is 4.74 Å². The van der Waals surface area contributed by atoms with Gasteiger partial charge in [0, 0.05) is 18.0 Å². The lowest BCUT2D eigenvalue weighted by atomic mass is 9.85. The van der Waals surface area contributed by atoms with Crippen molar-refractivity contribution >= 4 is 11.3 Å². The van der Waals surface area contributed by atoms with Crippen LogP contribution in [0.4, 0.5) is 0 Å². The number of aromatic amines is 1. The Bertz CT molecular complexity index is 575. The van der Waals surface area contributed by atoms with Crippen molar-refractivity contribution < 1.29 is 4.74 Å². The minimum Gasteiger partial charge on any atom is -0.377 e. The molecule has 2 aromatic rings. The zero-order valence-electron chi connectivity index (χ0n) is 9.36. The molecule has 1 saturated heterocycles. The van der Waals surface area contributed by atoms with Crippen LogP contribution in [0.25, 0.3) is 10.6 Å². The van der Waals surface area contributed by atoms with Crippen LogP contribution in [-0.4, -0.2) is 23.2 Å². The number of thiazole rings is 1. The van der Waals surface area contributed by atoms with Gasteiger partial charge in [-0.05, 0) is 13.0 Å². The molecular formula is C12H11N3OS. The maximum absolute atomic E-state index is 9.30. The van der Waals surface area contributed by atoms with E-state index in [0.717, 1.165) is 21.1 Å². The normalized spacial score (nSPS) is 17.4. The number of nitrogens with zero attached hydrogens (tertiary/aromatic N) is 2. The van der Waals surface area contributed by atoms with E-state index < -0.39 is 5.41 Å². The minimum atomic E-state index is -0.462. The zero-order valence-corrected chi connectivity index (χ0v) is 10.2. The quantitative estimate of drug-likeness (QED) is 0.882. The number of hydrogen-bond donors (Lipinski definition) is 1. The molecule has 0 unspecified atom stereocenters. The molecule has 0 aromatic carbocycles. The van der Waals surface area contributed by atoms with Crippen LogP contribution >= 0.6 is 11.3 Å². The standard InChI is InChI=1S/C12H11N3OS/c1-8-10(12(5-13)6-16-7-12)17-11(15-8)9-2-3-14-4-9/h2-4,14H,6-7H2,1H3. The molecular weight excluding hydrogens is 234 g/mol. The van der Waals surface area contributed by atoms with Crippen LogP contribution in [0.15, 0.2) is 18.5 Å². The fourth-order valence-electron chi connectivity index (χ4n) is 1.97. The van der Waals surface area contributed by atoms with Crippen molar-refractivity contribution in [1.29, 1.82) is 5.26 Å². The summed E-state index contributed by atoms with van der Waals surface area (Å²) in [5.74, 6) is 0. The number of rotatable bonds is 2. The summed E-state index contributed by atoms with van der Waals surface area (Å²) in [6.45, 7) is 2.93. The summed E-state index contributed by atoms with van der Waals surface area (Å²) in [6, 6.07) is 4.35. The van der Waals surface area contributed by atoms with Crippen LogP contribution < -0.4 is 0 Å². The summed E-state index contributed by atoms with van der Waals surface area (Å²) in [5, 5.41) is 10.3. The third-order valence-electron chi connectivity index (χ3n) is 2.99. The summed E-state index contributed by atoms with van der Waals surface area (Å²) in [6.07, 6.45) is 3.79. The van der Waals surface area contributed by atoms with Crippen molar-refractivity contribution in [2.75, 3.05) is 13.2 Å². The van der Waals surface area contributed by atoms with Crippen molar-refractivity contribution in [3.05, 3.63) is 29.0 Å². The molecule has 4 nitrogen and oxygen atoms in total. The molecule has 0 spiro atoms. The van der Waals surface area contributed by atoms with Gasteiger partial charge >= 0.3 is 0 Å². The average Bonchev–Trinajstić information content (AvgIpc) is 2.87. The first kappa shape index (κ1) is 10.5. The van der Waals surface area contributed by atoms with Crippen molar-refractivity contribution in [3.8, 4) is 16.6 Å². The highest BCUT2D eigenvalue weighted by Crippen LogP contribution is 2.40. The number of aryl methyl sites for hydroxylation is 1. The second-order valence-electron chi connectivity index (χ2n) is 4.22. The molecule has 3 heterocycles. The van der Waals surface area contributed by atoms with Crippen LogP contribution in [0.5, 0.6) is 0 Å². The number of ether oxygens (including phenoxy) is 1. The van der Waals surface area contributed by atoms with Crippen LogP contribution in [0, 0.1) is 18.3 Å². The SMILES string of the molecule is Cc1nc(-c2cc[nH]c2)sc1C1(C#N)COC1. The van der Waals surface area contributed by atoms with Gasteiger partial charge < -0.3 is 9.72 Å². The molecule has 1 fully saturated rings. The Balaban J connectivity index is 2.05. The first-order chi connectivity index (χ1) is 8.25. The predicted molar refractivity (Wildman–Crippen MR) is 64.7 cm³/mol. The van der Waals surface area contributed by atoms with Gasteiger partial charge in [-0.3, -0.25) is 0 Å². The lowest BCUT2D eigenvalue weighted by Crippen LogP contribution is -2.45. The molecule has 3 rings (SSSR count). The molecule has 0 bridgehead atoms. The summed E-state index contributed by atoms with van der Waals surface area (Å²) in [4.78, 5) is 8.60. The Morgan fingerprint density at radius 1 is 1.59 bits per heavy atom. The van der Waals surface area contributed by atoms with E-state index >= 15 is 0 Å². The van der Waals surface area contributed by atoms with Crippen molar-refractivity contribution in [2.45, 2.75) is 12.3 Å². The molecule has 0 aliphatic carbocycles. The second-order valence-corrected chi connectivity index (χ2v) is 5.22. The number of nitriles is 1. The van der Waals surface area contributed by atoms with Gasteiger partial charge in [-0.15, -0.1) is 11.3 Å². The molecule has 0 radical (unpaired) electrons. The van der Waals surface area contributed by atoms with Gasteiger partial charge in [0.1, 0.15) is 10.4 Å². The van der Waals surface area contributed by atoms with E-state index in [1.165, 1.54) is 0 Å². The highest BCUT2D eigenvalue weighted by molar-refractivity contribution is 7.15. The number of nitrogens with one attached hydrogen (secondary N) is 1. The van der Waals surface area contributed by atoms with Crippen molar-refractivity contribution in [2.24, 2.45) is 0 Å². The van der Waals surface area contributed by atoms with Gasteiger partial charge in [-0.1, -0.05) is 0 Å². The maximum atomic E-state index is 9.30. The highest BCUT2D eigenvalue weighted by Gasteiger charge is 2.44. The lowest BCUT2D eigenvalue weighted by Gasteiger charge is -2.34. The average molecular weight is 245 g/mol. The molecule has 0 atom stereocenters. The third kappa shape index (κ3) is 1.49. The summed E-state index contributed by atoms with van der Waals surface area (Å²) < 4.78 is 5.19. The molecule has 0 amide bonds. The topological polar surface area (TPSA) is 61.7 Å². The van der Waals surface area contributed by atoms with Gasteiger partial charge in [-0.25, -0.2) is 4.98 Å². The van der Waals surface area contributed by atoms with E-state index in [1.54, 1.807) is 11.3 Å². The molecule has 5 heteroatoms. The summed E-state index contributed by atoms with van der Waals surface area (Å²) in [5.41, 5.74) is 1.55. The van der Waals surface area contributed by atoms with Gasteiger partial charge in [0.2, 0.25) is 0 Å². The molecule has 86 valence electrons. The van der Waals surface area contributed by atoms with Crippen LogP contribution in [0.1, 0.15) is 10.6 Å².